The third kappa shape index (κ3) is 3.46. The highest BCUT2D eigenvalue weighted by atomic mass is 16.5. The zero-order valence-electron chi connectivity index (χ0n) is 12.4. The van der Waals surface area contributed by atoms with Crippen molar-refractivity contribution in [1.82, 2.24) is 0 Å². The highest BCUT2D eigenvalue weighted by Crippen LogP contribution is 2.31. The second-order valence-corrected chi connectivity index (χ2v) is 4.66. The van der Waals surface area contributed by atoms with Gasteiger partial charge in [-0.25, -0.2) is 0 Å². The standard InChI is InChI=1S/C17H18N2O2/c1-12(19-14-6-4-13(11-18)5-7-14)16-10-15(20-2)8-9-17(16)21-3/h4-10,12,19H,1-3H3. The number of ether oxygens (including phenoxy) is 2. The Labute approximate surface area is 124 Å². The van der Waals surface area contributed by atoms with Crippen molar-refractivity contribution in [3.05, 3.63) is 53.6 Å². The predicted octanol–water partition coefficient (Wildman–Crippen LogP) is 3.75. The van der Waals surface area contributed by atoms with Crippen LogP contribution in [-0.4, -0.2) is 14.2 Å². The molecule has 0 aromatic heterocycles. The Hall–Kier alpha value is -2.67. The number of nitrogens with one attached hydrogen (secondary N) is 1. The van der Waals surface area contributed by atoms with Gasteiger partial charge in [0.1, 0.15) is 11.5 Å². The molecule has 0 aliphatic carbocycles. The third-order valence-corrected chi connectivity index (χ3v) is 3.30. The molecule has 0 saturated heterocycles. The van der Waals surface area contributed by atoms with E-state index in [1.54, 1.807) is 26.4 Å². The first kappa shape index (κ1) is 14.7. The maximum atomic E-state index is 8.81. The molecule has 0 heterocycles. The minimum Gasteiger partial charge on any atom is -0.497 e. The van der Waals surface area contributed by atoms with Crippen LogP contribution < -0.4 is 14.8 Å². The van der Waals surface area contributed by atoms with E-state index in [4.69, 9.17) is 14.7 Å². The van der Waals surface area contributed by atoms with E-state index < -0.39 is 0 Å². The van der Waals surface area contributed by atoms with Gasteiger partial charge in [0.05, 0.1) is 31.9 Å². The Morgan fingerprint density at radius 1 is 1.05 bits per heavy atom. The van der Waals surface area contributed by atoms with Crippen LogP contribution in [0.1, 0.15) is 24.1 Å². The van der Waals surface area contributed by atoms with Gasteiger partial charge in [-0.3, -0.25) is 0 Å². The zero-order valence-corrected chi connectivity index (χ0v) is 12.4. The van der Waals surface area contributed by atoms with Gasteiger partial charge in [0.15, 0.2) is 0 Å². The van der Waals surface area contributed by atoms with Crippen molar-refractivity contribution in [3.63, 3.8) is 0 Å². The quantitative estimate of drug-likeness (QED) is 0.907. The second-order valence-electron chi connectivity index (χ2n) is 4.66. The largest absolute Gasteiger partial charge is 0.497 e. The topological polar surface area (TPSA) is 54.3 Å². The summed E-state index contributed by atoms with van der Waals surface area (Å²) in [4.78, 5) is 0. The average molecular weight is 282 g/mol. The van der Waals surface area contributed by atoms with Crippen LogP contribution in [0.3, 0.4) is 0 Å². The molecule has 4 nitrogen and oxygen atoms in total. The summed E-state index contributed by atoms with van der Waals surface area (Å²) in [5, 5.41) is 12.2. The molecule has 2 aromatic rings. The summed E-state index contributed by atoms with van der Waals surface area (Å²) in [6.45, 7) is 2.05. The van der Waals surface area contributed by atoms with E-state index in [0.29, 0.717) is 5.56 Å². The molecule has 0 radical (unpaired) electrons. The molecule has 0 amide bonds. The van der Waals surface area contributed by atoms with Gasteiger partial charge in [0.25, 0.3) is 0 Å². The third-order valence-electron chi connectivity index (χ3n) is 3.30. The van der Waals surface area contributed by atoms with E-state index in [-0.39, 0.29) is 6.04 Å². The summed E-state index contributed by atoms with van der Waals surface area (Å²) < 4.78 is 10.7. The van der Waals surface area contributed by atoms with Crippen LogP contribution in [0.4, 0.5) is 5.69 Å². The number of anilines is 1. The molecule has 1 unspecified atom stereocenters. The molecule has 1 atom stereocenters. The van der Waals surface area contributed by atoms with Crippen molar-refractivity contribution in [3.8, 4) is 17.6 Å². The number of hydrogen-bond acceptors (Lipinski definition) is 4. The zero-order chi connectivity index (χ0) is 15.2. The van der Waals surface area contributed by atoms with E-state index in [1.165, 1.54) is 0 Å². The smallest absolute Gasteiger partial charge is 0.124 e. The fourth-order valence-corrected chi connectivity index (χ4v) is 2.15. The summed E-state index contributed by atoms with van der Waals surface area (Å²) >= 11 is 0. The van der Waals surface area contributed by atoms with Gasteiger partial charge in [-0.2, -0.15) is 5.26 Å². The molecule has 4 heteroatoms. The van der Waals surface area contributed by atoms with Crippen molar-refractivity contribution in [1.29, 1.82) is 5.26 Å². The summed E-state index contributed by atoms with van der Waals surface area (Å²) in [6.07, 6.45) is 0. The molecule has 0 aliphatic rings. The minimum atomic E-state index is 0.0444. The molecule has 0 bridgehead atoms. The van der Waals surface area contributed by atoms with Crippen LogP contribution in [-0.2, 0) is 0 Å². The fourth-order valence-electron chi connectivity index (χ4n) is 2.15. The molecule has 2 aromatic carbocycles. The lowest BCUT2D eigenvalue weighted by Crippen LogP contribution is -2.08. The lowest BCUT2D eigenvalue weighted by molar-refractivity contribution is 0.397. The highest BCUT2D eigenvalue weighted by molar-refractivity contribution is 5.51. The van der Waals surface area contributed by atoms with Crippen LogP contribution in [0.15, 0.2) is 42.5 Å². The van der Waals surface area contributed by atoms with Gasteiger partial charge < -0.3 is 14.8 Å². The first-order chi connectivity index (χ1) is 10.2. The molecule has 2 rings (SSSR count). The maximum absolute atomic E-state index is 8.81. The first-order valence-corrected chi connectivity index (χ1v) is 6.66. The van der Waals surface area contributed by atoms with Crippen molar-refractivity contribution in [2.45, 2.75) is 13.0 Å². The van der Waals surface area contributed by atoms with Crippen LogP contribution in [0.25, 0.3) is 0 Å². The van der Waals surface area contributed by atoms with Crippen molar-refractivity contribution in [2.75, 3.05) is 19.5 Å². The first-order valence-electron chi connectivity index (χ1n) is 6.66. The molecule has 0 spiro atoms. The van der Waals surface area contributed by atoms with Crippen LogP contribution >= 0.6 is 0 Å². The molecular weight excluding hydrogens is 264 g/mol. The van der Waals surface area contributed by atoms with Crippen LogP contribution in [0, 0.1) is 11.3 Å². The van der Waals surface area contributed by atoms with E-state index in [1.807, 2.05) is 30.3 Å². The number of nitriles is 1. The van der Waals surface area contributed by atoms with Crippen molar-refractivity contribution in [2.24, 2.45) is 0 Å². The number of rotatable bonds is 5. The van der Waals surface area contributed by atoms with Crippen molar-refractivity contribution >= 4 is 5.69 Å². The molecule has 0 aliphatic heterocycles. The molecule has 0 fully saturated rings. The number of methoxy groups -OCH3 is 2. The number of benzene rings is 2. The Morgan fingerprint density at radius 2 is 1.76 bits per heavy atom. The summed E-state index contributed by atoms with van der Waals surface area (Å²) in [5.41, 5.74) is 2.61. The van der Waals surface area contributed by atoms with Gasteiger partial charge in [0.2, 0.25) is 0 Å². The Bertz CT molecular complexity index is 645. The van der Waals surface area contributed by atoms with Crippen molar-refractivity contribution < 1.29 is 9.47 Å². The second kappa shape index (κ2) is 6.67. The minimum absolute atomic E-state index is 0.0444. The lowest BCUT2D eigenvalue weighted by atomic mass is 10.1. The van der Waals surface area contributed by atoms with Crippen LogP contribution in [0.5, 0.6) is 11.5 Å². The van der Waals surface area contributed by atoms with Gasteiger partial charge in [-0.1, -0.05) is 0 Å². The molecule has 108 valence electrons. The number of hydrogen-bond donors (Lipinski definition) is 1. The van der Waals surface area contributed by atoms with E-state index in [2.05, 4.69) is 18.3 Å². The summed E-state index contributed by atoms with van der Waals surface area (Å²) in [7, 11) is 3.30. The lowest BCUT2D eigenvalue weighted by Gasteiger charge is -2.19. The maximum Gasteiger partial charge on any atom is 0.124 e. The van der Waals surface area contributed by atoms with Crippen LogP contribution in [0.2, 0.25) is 0 Å². The molecule has 21 heavy (non-hydrogen) atoms. The summed E-state index contributed by atoms with van der Waals surface area (Å²) in [6, 6.07) is 15.2. The SMILES string of the molecule is COc1ccc(OC)c(C(C)Nc2ccc(C#N)cc2)c1. The Kier molecular flexibility index (Phi) is 4.68. The van der Waals surface area contributed by atoms with Gasteiger partial charge >= 0.3 is 0 Å². The van der Waals surface area contributed by atoms with E-state index >= 15 is 0 Å². The van der Waals surface area contributed by atoms with Gasteiger partial charge in [0, 0.05) is 11.3 Å². The average Bonchev–Trinajstić information content (AvgIpc) is 2.54. The monoisotopic (exact) mass is 282 g/mol. The summed E-state index contributed by atoms with van der Waals surface area (Å²) in [5.74, 6) is 1.60. The van der Waals surface area contributed by atoms with Gasteiger partial charge in [-0.15, -0.1) is 0 Å². The predicted molar refractivity (Wildman–Crippen MR) is 82.7 cm³/mol. The normalized spacial score (nSPS) is 11.3. The molecular formula is C17H18N2O2. The molecule has 1 N–H and O–H groups in total. The molecule has 0 saturated carbocycles. The Morgan fingerprint density at radius 3 is 2.33 bits per heavy atom. The van der Waals surface area contributed by atoms with Gasteiger partial charge in [-0.05, 0) is 49.4 Å². The fraction of sp³-hybridized carbons (Fsp3) is 0.235. The van der Waals surface area contributed by atoms with E-state index in [0.717, 1.165) is 22.7 Å². The highest BCUT2D eigenvalue weighted by Gasteiger charge is 2.12. The number of nitrogens with zero attached hydrogens (tertiary/aromatic N) is 1. The van der Waals surface area contributed by atoms with E-state index in [9.17, 15) is 0 Å². The Balaban J connectivity index is 2.22.